The molecule has 1 heterocycles. The minimum atomic E-state index is -0.386. The van der Waals surface area contributed by atoms with E-state index in [1.54, 1.807) is 29.2 Å². The Bertz CT molecular complexity index is 525. The van der Waals surface area contributed by atoms with Crippen LogP contribution in [0.25, 0.3) is 0 Å². The molecule has 0 aliphatic rings. The van der Waals surface area contributed by atoms with Crippen molar-refractivity contribution in [1.29, 1.82) is 0 Å². The standard InChI is InChI=1S/C13H15FN2O2/c1-3-16-8-11(7-15-16)18-9-10-4-5-13(17-2)12(14)6-10/h4-8H,3,9H2,1-2H3. The largest absolute Gasteiger partial charge is 0.494 e. The molecule has 0 aliphatic carbocycles. The second-order valence-corrected chi connectivity index (χ2v) is 3.79. The first-order valence-corrected chi connectivity index (χ1v) is 5.70. The first-order valence-electron chi connectivity index (χ1n) is 5.70. The summed E-state index contributed by atoms with van der Waals surface area (Å²) in [5.74, 6) is 0.522. The van der Waals surface area contributed by atoms with E-state index in [1.807, 2.05) is 6.92 Å². The monoisotopic (exact) mass is 250 g/mol. The average Bonchev–Trinajstić information content (AvgIpc) is 2.84. The summed E-state index contributed by atoms with van der Waals surface area (Å²) >= 11 is 0. The van der Waals surface area contributed by atoms with Gasteiger partial charge in [0.2, 0.25) is 0 Å². The smallest absolute Gasteiger partial charge is 0.165 e. The highest BCUT2D eigenvalue weighted by molar-refractivity contribution is 5.29. The van der Waals surface area contributed by atoms with Crippen molar-refractivity contribution >= 4 is 0 Å². The summed E-state index contributed by atoms with van der Waals surface area (Å²) in [4.78, 5) is 0. The van der Waals surface area contributed by atoms with Crippen molar-refractivity contribution in [2.75, 3.05) is 7.11 Å². The summed E-state index contributed by atoms with van der Waals surface area (Å²) in [6.45, 7) is 3.09. The molecule has 0 radical (unpaired) electrons. The lowest BCUT2D eigenvalue weighted by atomic mass is 10.2. The second-order valence-electron chi connectivity index (χ2n) is 3.79. The van der Waals surface area contributed by atoms with Gasteiger partial charge < -0.3 is 9.47 Å². The molecular formula is C13H15FN2O2. The van der Waals surface area contributed by atoms with Gasteiger partial charge in [0.15, 0.2) is 17.3 Å². The number of rotatable bonds is 5. The van der Waals surface area contributed by atoms with E-state index in [2.05, 4.69) is 5.10 Å². The van der Waals surface area contributed by atoms with Crippen LogP contribution >= 0.6 is 0 Å². The molecular weight excluding hydrogens is 235 g/mol. The fourth-order valence-electron chi connectivity index (χ4n) is 1.56. The van der Waals surface area contributed by atoms with Gasteiger partial charge in [-0.25, -0.2) is 4.39 Å². The third kappa shape index (κ3) is 2.80. The highest BCUT2D eigenvalue weighted by Gasteiger charge is 2.04. The lowest BCUT2D eigenvalue weighted by molar-refractivity contribution is 0.304. The van der Waals surface area contributed by atoms with Crippen LogP contribution in [-0.4, -0.2) is 16.9 Å². The van der Waals surface area contributed by atoms with E-state index in [4.69, 9.17) is 9.47 Å². The molecule has 2 rings (SSSR count). The van der Waals surface area contributed by atoms with Gasteiger partial charge in [-0.05, 0) is 24.6 Å². The zero-order valence-corrected chi connectivity index (χ0v) is 10.4. The Morgan fingerprint density at radius 1 is 1.39 bits per heavy atom. The van der Waals surface area contributed by atoms with Crippen LogP contribution < -0.4 is 9.47 Å². The van der Waals surface area contributed by atoms with Gasteiger partial charge in [0.25, 0.3) is 0 Å². The molecule has 4 nitrogen and oxygen atoms in total. The minimum Gasteiger partial charge on any atom is -0.494 e. The van der Waals surface area contributed by atoms with Gasteiger partial charge in [-0.15, -0.1) is 0 Å². The average molecular weight is 250 g/mol. The molecule has 0 amide bonds. The highest BCUT2D eigenvalue weighted by atomic mass is 19.1. The first-order chi connectivity index (χ1) is 8.72. The normalized spacial score (nSPS) is 10.4. The van der Waals surface area contributed by atoms with Crippen LogP contribution in [0.4, 0.5) is 4.39 Å². The zero-order chi connectivity index (χ0) is 13.0. The Morgan fingerprint density at radius 2 is 2.22 bits per heavy atom. The molecule has 0 atom stereocenters. The molecule has 0 aliphatic heterocycles. The molecule has 2 aromatic rings. The van der Waals surface area contributed by atoms with Crippen molar-refractivity contribution < 1.29 is 13.9 Å². The number of aryl methyl sites for hydroxylation is 1. The number of aromatic nitrogens is 2. The Kier molecular flexibility index (Phi) is 3.82. The zero-order valence-electron chi connectivity index (χ0n) is 10.4. The topological polar surface area (TPSA) is 36.3 Å². The SMILES string of the molecule is CCn1cc(OCc2ccc(OC)c(F)c2)cn1. The Balaban J connectivity index is 1.99. The van der Waals surface area contributed by atoms with Crippen LogP contribution in [0.1, 0.15) is 12.5 Å². The number of halogens is 1. The second kappa shape index (κ2) is 5.53. The van der Waals surface area contributed by atoms with Crippen molar-refractivity contribution in [2.45, 2.75) is 20.1 Å². The van der Waals surface area contributed by atoms with Crippen molar-refractivity contribution in [2.24, 2.45) is 0 Å². The molecule has 0 bridgehead atoms. The summed E-state index contributed by atoms with van der Waals surface area (Å²) in [6.07, 6.45) is 3.45. The summed E-state index contributed by atoms with van der Waals surface area (Å²) in [5.41, 5.74) is 0.748. The summed E-state index contributed by atoms with van der Waals surface area (Å²) < 4.78 is 25.6. The van der Waals surface area contributed by atoms with Crippen molar-refractivity contribution in [3.8, 4) is 11.5 Å². The lowest BCUT2D eigenvalue weighted by Crippen LogP contribution is -1.97. The van der Waals surface area contributed by atoms with E-state index < -0.39 is 0 Å². The van der Waals surface area contributed by atoms with Gasteiger partial charge in [0.05, 0.1) is 19.5 Å². The van der Waals surface area contributed by atoms with Crippen LogP contribution in [0.5, 0.6) is 11.5 Å². The van der Waals surface area contributed by atoms with Gasteiger partial charge in [0.1, 0.15) is 6.61 Å². The van der Waals surface area contributed by atoms with Crippen LogP contribution in [0.3, 0.4) is 0 Å². The van der Waals surface area contributed by atoms with Crippen molar-refractivity contribution in [1.82, 2.24) is 9.78 Å². The molecule has 0 saturated carbocycles. The molecule has 0 fully saturated rings. The highest BCUT2D eigenvalue weighted by Crippen LogP contribution is 2.19. The maximum atomic E-state index is 13.4. The summed E-state index contributed by atoms with van der Waals surface area (Å²) in [7, 11) is 1.44. The van der Waals surface area contributed by atoms with Crippen LogP contribution in [0.15, 0.2) is 30.6 Å². The first kappa shape index (κ1) is 12.4. The number of nitrogens with zero attached hydrogens (tertiary/aromatic N) is 2. The Hall–Kier alpha value is -2.04. The van der Waals surface area contributed by atoms with Crippen LogP contribution in [0.2, 0.25) is 0 Å². The molecule has 18 heavy (non-hydrogen) atoms. The predicted octanol–water partition coefficient (Wildman–Crippen LogP) is 2.63. The van der Waals surface area contributed by atoms with E-state index >= 15 is 0 Å². The van der Waals surface area contributed by atoms with Gasteiger partial charge in [0, 0.05) is 6.54 Å². The molecule has 0 spiro atoms. The van der Waals surface area contributed by atoms with E-state index in [0.717, 1.165) is 12.1 Å². The van der Waals surface area contributed by atoms with E-state index in [0.29, 0.717) is 12.4 Å². The number of ether oxygens (including phenoxy) is 2. The van der Waals surface area contributed by atoms with Gasteiger partial charge in [-0.3, -0.25) is 4.68 Å². The molecule has 1 aromatic carbocycles. The van der Waals surface area contributed by atoms with Crippen molar-refractivity contribution in [3.63, 3.8) is 0 Å². The molecule has 0 saturated heterocycles. The molecule has 0 unspecified atom stereocenters. The minimum absolute atomic E-state index is 0.234. The number of hydrogen-bond acceptors (Lipinski definition) is 3. The number of hydrogen-bond donors (Lipinski definition) is 0. The maximum Gasteiger partial charge on any atom is 0.165 e. The number of benzene rings is 1. The Morgan fingerprint density at radius 3 is 2.83 bits per heavy atom. The molecule has 96 valence electrons. The fraction of sp³-hybridized carbons (Fsp3) is 0.308. The lowest BCUT2D eigenvalue weighted by Gasteiger charge is -2.06. The predicted molar refractivity (Wildman–Crippen MR) is 65.2 cm³/mol. The van der Waals surface area contributed by atoms with E-state index in [1.165, 1.54) is 13.2 Å². The summed E-state index contributed by atoms with van der Waals surface area (Å²) in [6, 6.07) is 4.76. The van der Waals surface area contributed by atoms with Crippen LogP contribution in [-0.2, 0) is 13.2 Å². The fourth-order valence-corrected chi connectivity index (χ4v) is 1.56. The van der Waals surface area contributed by atoms with E-state index in [9.17, 15) is 4.39 Å². The maximum absolute atomic E-state index is 13.4. The van der Waals surface area contributed by atoms with Gasteiger partial charge in [-0.2, -0.15) is 5.10 Å². The van der Waals surface area contributed by atoms with Gasteiger partial charge in [-0.1, -0.05) is 6.07 Å². The van der Waals surface area contributed by atoms with E-state index in [-0.39, 0.29) is 11.6 Å². The third-order valence-electron chi connectivity index (χ3n) is 2.56. The summed E-state index contributed by atoms with van der Waals surface area (Å²) in [5, 5.41) is 4.09. The van der Waals surface area contributed by atoms with Crippen LogP contribution in [0, 0.1) is 5.82 Å². The Labute approximate surface area is 105 Å². The van der Waals surface area contributed by atoms with Crippen molar-refractivity contribution in [3.05, 3.63) is 42.0 Å². The quantitative estimate of drug-likeness (QED) is 0.818. The molecule has 0 N–H and O–H groups in total. The number of methoxy groups -OCH3 is 1. The van der Waals surface area contributed by atoms with Gasteiger partial charge >= 0.3 is 0 Å². The molecule has 1 aromatic heterocycles. The molecule has 5 heteroatoms. The third-order valence-corrected chi connectivity index (χ3v) is 2.56.